The fraction of sp³-hybridized carbons (Fsp3) is 0.800. The first kappa shape index (κ1) is 14.3. The Hall–Kier alpha value is -0.680. The van der Waals surface area contributed by atoms with Crippen LogP contribution in [0.2, 0.25) is 0 Å². The summed E-state index contributed by atoms with van der Waals surface area (Å²) in [5.74, 6) is -1.40. The van der Waals surface area contributed by atoms with Crippen molar-refractivity contribution in [3.63, 3.8) is 0 Å². The number of carbonyl (C=O) groups excluding carboxylic acids is 1. The number of hydrogen-bond acceptors (Lipinski definition) is 7. The molecule has 3 heterocycles. The van der Waals surface area contributed by atoms with E-state index in [4.69, 9.17) is 13.2 Å². The third kappa shape index (κ3) is 1.98. The van der Waals surface area contributed by atoms with E-state index >= 15 is 0 Å². The van der Waals surface area contributed by atoms with Gasteiger partial charge < -0.3 is 9.84 Å². The Balaban J connectivity index is 1.90. The number of amides is 2. The van der Waals surface area contributed by atoms with Crippen molar-refractivity contribution in [3.8, 4) is 0 Å². The number of aliphatic carboxylic acids is 1. The summed E-state index contributed by atoms with van der Waals surface area (Å²) in [4.78, 5) is 25.4. The minimum atomic E-state index is -1.11. The molecule has 2 amide bonds. The highest BCUT2D eigenvalue weighted by Gasteiger charge is 2.64. The number of nitrogens with zero attached hydrogens (tertiary/aromatic N) is 2. The van der Waals surface area contributed by atoms with Crippen molar-refractivity contribution in [2.24, 2.45) is 5.92 Å². The van der Waals surface area contributed by atoms with E-state index in [1.807, 2.05) is 0 Å². The topological polar surface area (TPSA) is 88.5 Å². The summed E-state index contributed by atoms with van der Waals surface area (Å²) in [6, 6.07) is -1.57. The minimum absolute atomic E-state index is 0.291. The lowest BCUT2D eigenvalue weighted by Gasteiger charge is -2.49. The van der Waals surface area contributed by atoms with Crippen LogP contribution in [-0.2, 0) is 18.0 Å². The quantitative estimate of drug-likeness (QED) is 0.773. The van der Waals surface area contributed by atoms with Gasteiger partial charge in [0, 0.05) is 18.6 Å². The van der Waals surface area contributed by atoms with Gasteiger partial charge in [0.05, 0.1) is 18.6 Å². The lowest BCUT2D eigenvalue weighted by atomic mass is 10.0. The van der Waals surface area contributed by atoms with Crippen molar-refractivity contribution in [2.75, 3.05) is 13.2 Å². The van der Waals surface area contributed by atoms with Gasteiger partial charge in [0.1, 0.15) is 0 Å². The number of carbonyl (C=O) groups is 2. The van der Waals surface area contributed by atoms with Crippen LogP contribution >= 0.6 is 24.1 Å². The van der Waals surface area contributed by atoms with Gasteiger partial charge in [0.25, 0.3) is 4.27 Å². The Morgan fingerprint density at radius 1 is 1.50 bits per heavy atom. The van der Waals surface area contributed by atoms with Crippen molar-refractivity contribution >= 4 is 36.1 Å². The van der Waals surface area contributed by atoms with E-state index in [0.29, 0.717) is 13.2 Å². The van der Waals surface area contributed by atoms with Crippen molar-refractivity contribution in [2.45, 2.75) is 30.4 Å². The standard InChI is InChI=1S/C10H14N2O6S2/c1-5(2)6(7(13)14)12-9(15)11-3-4-16-10(20-18-12)8(11)17-19-10/h5-6,8H,3-4H2,1-2H3,(H,13,14)/t6-,8-,10-/m0/s1. The average Bonchev–Trinajstić information content (AvgIpc) is 2.40. The highest BCUT2D eigenvalue weighted by atomic mass is 32.2. The molecule has 0 radical (unpaired) electrons. The molecule has 1 N–H and O–H groups in total. The predicted octanol–water partition coefficient (Wildman–Crippen LogP) is 1.10. The molecule has 0 saturated carbocycles. The molecular weight excluding hydrogens is 308 g/mol. The molecule has 0 unspecified atom stereocenters. The molecule has 112 valence electrons. The molecule has 0 aromatic heterocycles. The first-order valence-corrected chi connectivity index (χ1v) is 7.61. The molecule has 3 aliphatic rings. The summed E-state index contributed by atoms with van der Waals surface area (Å²) in [6.07, 6.45) is -0.551. The van der Waals surface area contributed by atoms with Crippen LogP contribution in [0.4, 0.5) is 4.79 Å². The van der Waals surface area contributed by atoms with Crippen LogP contribution < -0.4 is 0 Å². The number of carboxylic acid groups (broad SMARTS) is 1. The third-order valence-electron chi connectivity index (χ3n) is 3.28. The summed E-state index contributed by atoms with van der Waals surface area (Å²) >= 11 is 2.01. The molecule has 3 aliphatic heterocycles. The van der Waals surface area contributed by atoms with Gasteiger partial charge >= 0.3 is 12.0 Å². The summed E-state index contributed by atoms with van der Waals surface area (Å²) in [6.45, 7) is 4.15. The number of hydrogen-bond donors (Lipinski definition) is 1. The van der Waals surface area contributed by atoms with E-state index in [1.165, 1.54) is 4.90 Å². The smallest absolute Gasteiger partial charge is 0.348 e. The first-order chi connectivity index (χ1) is 9.46. The second-order valence-electron chi connectivity index (χ2n) is 4.97. The Morgan fingerprint density at radius 3 is 2.80 bits per heavy atom. The fourth-order valence-corrected chi connectivity index (χ4v) is 4.08. The van der Waals surface area contributed by atoms with Crippen LogP contribution in [0.5, 0.6) is 0 Å². The minimum Gasteiger partial charge on any atom is -0.480 e. The largest absolute Gasteiger partial charge is 0.480 e. The molecule has 3 atom stereocenters. The maximum absolute atomic E-state index is 12.5. The van der Waals surface area contributed by atoms with E-state index in [-0.39, 0.29) is 5.92 Å². The highest BCUT2D eigenvalue weighted by molar-refractivity contribution is 8.14. The Kier molecular flexibility index (Phi) is 3.53. The first-order valence-electron chi connectivity index (χ1n) is 6.13. The highest BCUT2D eigenvalue weighted by Crippen LogP contribution is 2.57. The number of carboxylic acids is 1. The second-order valence-corrected chi connectivity index (χ2v) is 7.12. The number of morpholine rings is 1. The zero-order valence-electron chi connectivity index (χ0n) is 10.8. The van der Waals surface area contributed by atoms with Gasteiger partial charge in [0.2, 0.25) is 6.23 Å². The lowest BCUT2D eigenvalue weighted by molar-refractivity contribution is -0.157. The zero-order chi connectivity index (χ0) is 14.5. The van der Waals surface area contributed by atoms with E-state index in [9.17, 15) is 14.7 Å². The normalized spacial score (nSPS) is 34.4. The van der Waals surface area contributed by atoms with Gasteiger partial charge in [-0.25, -0.2) is 9.59 Å². The fourth-order valence-electron chi connectivity index (χ4n) is 2.26. The summed E-state index contributed by atoms with van der Waals surface area (Å²) in [5, 5.41) is 10.2. The van der Waals surface area contributed by atoms with Gasteiger partial charge in [-0.1, -0.05) is 13.8 Å². The summed E-state index contributed by atoms with van der Waals surface area (Å²) in [5.41, 5.74) is 0. The average molecular weight is 322 g/mol. The number of urea groups is 1. The van der Waals surface area contributed by atoms with Crippen molar-refractivity contribution in [1.29, 1.82) is 0 Å². The maximum Gasteiger partial charge on any atom is 0.348 e. The predicted molar refractivity (Wildman–Crippen MR) is 70.0 cm³/mol. The van der Waals surface area contributed by atoms with Gasteiger partial charge in [-0.3, -0.25) is 9.08 Å². The lowest BCUT2D eigenvalue weighted by Crippen LogP contribution is -2.64. The molecule has 3 fully saturated rings. The Bertz CT molecular complexity index is 449. The molecule has 0 aliphatic carbocycles. The molecule has 8 nitrogen and oxygen atoms in total. The third-order valence-corrected chi connectivity index (χ3v) is 5.31. The van der Waals surface area contributed by atoms with Gasteiger partial charge in [-0.05, 0) is 5.92 Å². The molecule has 2 bridgehead atoms. The van der Waals surface area contributed by atoms with E-state index in [0.717, 1.165) is 29.1 Å². The zero-order valence-corrected chi connectivity index (χ0v) is 12.5. The molecule has 3 saturated heterocycles. The monoisotopic (exact) mass is 322 g/mol. The van der Waals surface area contributed by atoms with Crippen molar-refractivity contribution < 1.29 is 27.9 Å². The van der Waals surface area contributed by atoms with Crippen molar-refractivity contribution in [1.82, 2.24) is 9.96 Å². The maximum atomic E-state index is 12.5. The Morgan fingerprint density at radius 2 is 2.25 bits per heavy atom. The van der Waals surface area contributed by atoms with E-state index < -0.39 is 28.5 Å². The molecule has 0 spiro atoms. The number of hydroxylamine groups is 2. The van der Waals surface area contributed by atoms with Crippen LogP contribution in [-0.4, -0.2) is 56.8 Å². The van der Waals surface area contributed by atoms with Crippen LogP contribution in [0, 0.1) is 5.92 Å². The number of rotatable bonds is 3. The van der Waals surface area contributed by atoms with Gasteiger partial charge in [-0.2, -0.15) is 9.35 Å². The van der Waals surface area contributed by atoms with E-state index in [2.05, 4.69) is 0 Å². The molecule has 3 rings (SSSR count). The van der Waals surface area contributed by atoms with Crippen LogP contribution in [0.3, 0.4) is 0 Å². The molecule has 0 aromatic carbocycles. The molecule has 0 aromatic rings. The molecule has 20 heavy (non-hydrogen) atoms. The Labute approximate surface area is 124 Å². The van der Waals surface area contributed by atoms with Crippen LogP contribution in [0.1, 0.15) is 13.8 Å². The van der Waals surface area contributed by atoms with Crippen LogP contribution in [0.25, 0.3) is 0 Å². The molecular formula is C10H14N2O6S2. The van der Waals surface area contributed by atoms with E-state index in [1.54, 1.807) is 13.8 Å². The summed E-state index contributed by atoms with van der Waals surface area (Å²) in [7, 11) is 0. The second kappa shape index (κ2) is 4.95. The van der Waals surface area contributed by atoms with Crippen molar-refractivity contribution in [3.05, 3.63) is 0 Å². The van der Waals surface area contributed by atoms with Gasteiger partial charge in [0.15, 0.2) is 6.04 Å². The number of ether oxygens (including phenoxy) is 1. The summed E-state index contributed by atoms with van der Waals surface area (Å²) < 4.78 is 15.5. The van der Waals surface area contributed by atoms with Gasteiger partial charge in [-0.15, -0.1) is 0 Å². The molecule has 10 heteroatoms. The SMILES string of the molecule is CC(C)[C@@H](C(=O)O)N1OS[C@]23OCCN(C1=O)[C@H]2OS3. The van der Waals surface area contributed by atoms with Crippen LogP contribution in [0.15, 0.2) is 0 Å².